The van der Waals surface area contributed by atoms with Crippen LogP contribution in [-0.2, 0) is 0 Å². The summed E-state index contributed by atoms with van der Waals surface area (Å²) < 4.78 is 11.5. The highest BCUT2D eigenvalue weighted by Gasteiger charge is 2.24. The smallest absolute Gasteiger partial charge is 0.138 e. The zero-order chi connectivity index (χ0) is 14.2. The Morgan fingerprint density at radius 2 is 1.90 bits per heavy atom. The molecule has 0 aliphatic heterocycles. The van der Waals surface area contributed by atoms with E-state index in [1.807, 2.05) is 54.6 Å². The van der Waals surface area contributed by atoms with Crippen molar-refractivity contribution in [3.63, 3.8) is 0 Å². The standard InChI is InChI=1S/C18H16O3/c19-18(17-11-12-4-1-2-7-16(12)21-17)13-5-3-6-15(10-13)20-14-8-9-14/h1-7,10-11,14,18-19H,8-9H2. The molecule has 1 N–H and O–H groups in total. The van der Waals surface area contributed by atoms with Crippen LogP contribution >= 0.6 is 0 Å². The van der Waals surface area contributed by atoms with Gasteiger partial charge in [0.1, 0.15) is 23.2 Å². The zero-order valence-corrected chi connectivity index (χ0v) is 11.5. The van der Waals surface area contributed by atoms with E-state index in [1.54, 1.807) is 0 Å². The minimum Gasteiger partial charge on any atom is -0.490 e. The van der Waals surface area contributed by atoms with Crippen LogP contribution in [-0.4, -0.2) is 11.2 Å². The van der Waals surface area contributed by atoms with Crippen molar-refractivity contribution in [1.82, 2.24) is 0 Å². The molecule has 1 heterocycles. The number of aliphatic hydroxyl groups excluding tert-OH is 1. The van der Waals surface area contributed by atoms with Crippen LogP contribution < -0.4 is 4.74 Å². The number of fused-ring (bicyclic) bond motifs is 1. The lowest BCUT2D eigenvalue weighted by Gasteiger charge is -2.10. The van der Waals surface area contributed by atoms with Crippen LogP contribution in [0, 0.1) is 0 Å². The second-order valence-corrected chi connectivity index (χ2v) is 5.48. The molecule has 1 saturated carbocycles. The van der Waals surface area contributed by atoms with Crippen LogP contribution in [0.25, 0.3) is 11.0 Å². The highest BCUT2D eigenvalue weighted by atomic mass is 16.5. The lowest BCUT2D eigenvalue weighted by atomic mass is 10.1. The van der Waals surface area contributed by atoms with E-state index in [4.69, 9.17) is 9.15 Å². The normalized spacial score (nSPS) is 16.0. The van der Waals surface area contributed by atoms with Crippen molar-refractivity contribution in [2.45, 2.75) is 25.0 Å². The molecule has 1 aromatic heterocycles. The van der Waals surface area contributed by atoms with E-state index in [-0.39, 0.29) is 0 Å². The Bertz CT molecular complexity index is 738. The summed E-state index contributed by atoms with van der Waals surface area (Å²) in [7, 11) is 0. The summed E-state index contributed by atoms with van der Waals surface area (Å²) in [5.74, 6) is 1.37. The van der Waals surface area contributed by atoms with Gasteiger partial charge in [0.05, 0.1) is 6.10 Å². The Balaban J connectivity index is 1.64. The fraction of sp³-hybridized carbons (Fsp3) is 0.222. The van der Waals surface area contributed by atoms with Crippen molar-refractivity contribution in [1.29, 1.82) is 0 Å². The van der Waals surface area contributed by atoms with E-state index in [9.17, 15) is 5.11 Å². The first-order valence-corrected chi connectivity index (χ1v) is 7.23. The third-order valence-corrected chi connectivity index (χ3v) is 3.72. The molecule has 21 heavy (non-hydrogen) atoms. The summed E-state index contributed by atoms with van der Waals surface area (Å²) in [4.78, 5) is 0. The van der Waals surface area contributed by atoms with Crippen LogP contribution in [0.2, 0.25) is 0 Å². The molecule has 106 valence electrons. The first kappa shape index (κ1) is 12.5. The molecule has 4 rings (SSSR count). The Labute approximate surface area is 122 Å². The molecule has 3 aromatic rings. The molecule has 1 fully saturated rings. The van der Waals surface area contributed by atoms with Gasteiger partial charge in [-0.3, -0.25) is 0 Å². The molecular formula is C18H16O3. The molecule has 3 heteroatoms. The van der Waals surface area contributed by atoms with Crippen molar-refractivity contribution in [3.8, 4) is 5.75 Å². The van der Waals surface area contributed by atoms with Crippen molar-refractivity contribution in [3.05, 3.63) is 65.9 Å². The second kappa shape index (κ2) is 4.93. The van der Waals surface area contributed by atoms with Gasteiger partial charge in [0, 0.05) is 5.39 Å². The first-order chi connectivity index (χ1) is 10.3. The average Bonchev–Trinajstić information content (AvgIpc) is 3.21. The number of hydrogen-bond acceptors (Lipinski definition) is 3. The van der Waals surface area contributed by atoms with Gasteiger partial charge in [-0.05, 0) is 42.7 Å². The molecule has 2 aromatic carbocycles. The molecule has 1 aliphatic carbocycles. The maximum Gasteiger partial charge on any atom is 0.138 e. The molecular weight excluding hydrogens is 264 g/mol. The van der Waals surface area contributed by atoms with Gasteiger partial charge in [0.15, 0.2) is 0 Å². The third kappa shape index (κ3) is 2.52. The lowest BCUT2D eigenvalue weighted by molar-refractivity contribution is 0.191. The minimum atomic E-state index is -0.778. The van der Waals surface area contributed by atoms with Gasteiger partial charge < -0.3 is 14.3 Å². The summed E-state index contributed by atoms with van der Waals surface area (Å²) >= 11 is 0. The van der Waals surface area contributed by atoms with E-state index >= 15 is 0 Å². The van der Waals surface area contributed by atoms with E-state index in [2.05, 4.69) is 0 Å². The number of aliphatic hydroxyl groups is 1. The predicted octanol–water partition coefficient (Wildman–Crippen LogP) is 4.06. The number of ether oxygens (including phenoxy) is 1. The molecule has 1 unspecified atom stereocenters. The molecule has 0 bridgehead atoms. The Morgan fingerprint density at radius 1 is 1.05 bits per heavy atom. The van der Waals surface area contributed by atoms with Gasteiger partial charge in [-0.1, -0.05) is 30.3 Å². The average molecular weight is 280 g/mol. The van der Waals surface area contributed by atoms with Gasteiger partial charge >= 0.3 is 0 Å². The fourth-order valence-electron chi connectivity index (χ4n) is 2.44. The number of hydrogen-bond donors (Lipinski definition) is 1. The summed E-state index contributed by atoms with van der Waals surface area (Å²) in [5.41, 5.74) is 1.57. The van der Waals surface area contributed by atoms with Gasteiger partial charge in [0.2, 0.25) is 0 Å². The van der Waals surface area contributed by atoms with E-state index in [0.717, 1.165) is 35.1 Å². The quantitative estimate of drug-likeness (QED) is 0.783. The van der Waals surface area contributed by atoms with Crippen LogP contribution in [0.3, 0.4) is 0 Å². The largest absolute Gasteiger partial charge is 0.490 e. The van der Waals surface area contributed by atoms with Crippen molar-refractivity contribution < 1.29 is 14.3 Å². The number of rotatable bonds is 4. The van der Waals surface area contributed by atoms with Crippen LogP contribution in [0.5, 0.6) is 5.75 Å². The van der Waals surface area contributed by atoms with Gasteiger partial charge in [-0.2, -0.15) is 0 Å². The summed E-state index contributed by atoms with van der Waals surface area (Å²) in [5, 5.41) is 11.5. The predicted molar refractivity (Wildman–Crippen MR) is 80.4 cm³/mol. The number of furan rings is 1. The van der Waals surface area contributed by atoms with Crippen molar-refractivity contribution in [2.75, 3.05) is 0 Å². The molecule has 0 spiro atoms. The second-order valence-electron chi connectivity index (χ2n) is 5.48. The third-order valence-electron chi connectivity index (χ3n) is 3.72. The maximum atomic E-state index is 10.5. The number of para-hydroxylation sites is 1. The lowest BCUT2D eigenvalue weighted by Crippen LogP contribution is -2.00. The minimum absolute atomic E-state index is 0.351. The Hall–Kier alpha value is -2.26. The van der Waals surface area contributed by atoms with Crippen molar-refractivity contribution in [2.24, 2.45) is 0 Å². The SMILES string of the molecule is OC(c1cccc(OC2CC2)c1)c1cc2ccccc2o1. The Morgan fingerprint density at radius 3 is 2.71 bits per heavy atom. The highest BCUT2D eigenvalue weighted by molar-refractivity contribution is 5.77. The van der Waals surface area contributed by atoms with Gasteiger partial charge in [0.25, 0.3) is 0 Å². The molecule has 0 saturated heterocycles. The topological polar surface area (TPSA) is 42.6 Å². The Kier molecular flexibility index (Phi) is 2.93. The van der Waals surface area contributed by atoms with Crippen LogP contribution in [0.1, 0.15) is 30.3 Å². The maximum absolute atomic E-state index is 10.5. The molecule has 0 radical (unpaired) electrons. The van der Waals surface area contributed by atoms with E-state index < -0.39 is 6.10 Å². The fourth-order valence-corrected chi connectivity index (χ4v) is 2.44. The number of benzene rings is 2. The molecule has 3 nitrogen and oxygen atoms in total. The monoisotopic (exact) mass is 280 g/mol. The summed E-state index contributed by atoms with van der Waals surface area (Å²) in [6.45, 7) is 0. The first-order valence-electron chi connectivity index (χ1n) is 7.23. The molecule has 1 aliphatic rings. The highest BCUT2D eigenvalue weighted by Crippen LogP contribution is 2.31. The molecule has 1 atom stereocenters. The van der Waals surface area contributed by atoms with E-state index in [0.29, 0.717) is 11.9 Å². The summed E-state index contributed by atoms with van der Waals surface area (Å²) in [6.07, 6.45) is 1.82. The van der Waals surface area contributed by atoms with Gasteiger partial charge in [-0.25, -0.2) is 0 Å². The zero-order valence-electron chi connectivity index (χ0n) is 11.5. The van der Waals surface area contributed by atoms with E-state index in [1.165, 1.54) is 0 Å². The van der Waals surface area contributed by atoms with Gasteiger partial charge in [-0.15, -0.1) is 0 Å². The molecule has 0 amide bonds. The van der Waals surface area contributed by atoms with Crippen LogP contribution in [0.4, 0.5) is 0 Å². The van der Waals surface area contributed by atoms with Crippen molar-refractivity contribution >= 4 is 11.0 Å². The summed E-state index contributed by atoms with van der Waals surface area (Å²) in [6, 6.07) is 17.2. The van der Waals surface area contributed by atoms with Crippen LogP contribution in [0.15, 0.2) is 59.0 Å².